The molecule has 4 fully saturated rings. The van der Waals surface area contributed by atoms with Crippen molar-refractivity contribution in [1.29, 1.82) is 0 Å². The van der Waals surface area contributed by atoms with Crippen LogP contribution >= 0.6 is 0 Å². The lowest BCUT2D eigenvalue weighted by Crippen LogP contribution is -2.65. The number of esters is 1. The second-order valence-electron chi connectivity index (χ2n) is 11.3. The first-order valence-electron chi connectivity index (χ1n) is 13.8. The highest BCUT2D eigenvalue weighted by atomic mass is 16.5. The summed E-state index contributed by atoms with van der Waals surface area (Å²) in [4.78, 5) is 20.7. The minimum Gasteiger partial charge on any atom is -0.454 e. The Bertz CT molecular complexity index is 950. The molecule has 0 saturated carbocycles. The average molecular weight is 477 g/mol. The standard InChI is InChI=1S/C30H42N3O2/c1-30(27-13-5-4-6-14-27,32-18-7-2-3-8-19-32)29(34)35-28-24-33(21-15-26(28)16-22-33)20-10-12-25-11-9-17-31-23-25/h4-6,9,11,13-14,17,23,26,28H,2-3,7-8,10,12,15-16,18-22,24H2,1H3/q+1/t26?,28-,30?,33?/m0/s1. The second kappa shape index (κ2) is 10.8. The van der Waals surface area contributed by atoms with Crippen molar-refractivity contribution in [1.82, 2.24) is 9.88 Å². The van der Waals surface area contributed by atoms with E-state index in [1.165, 1.54) is 44.3 Å². The predicted octanol–water partition coefficient (Wildman–Crippen LogP) is 4.96. The first-order chi connectivity index (χ1) is 17.1. The van der Waals surface area contributed by atoms with Gasteiger partial charge in [-0.25, -0.2) is 4.79 Å². The number of piperidine rings is 3. The molecular formula is C30H42N3O2+. The van der Waals surface area contributed by atoms with Gasteiger partial charge >= 0.3 is 5.97 Å². The number of nitrogens with zero attached hydrogens (tertiary/aromatic N) is 3. The van der Waals surface area contributed by atoms with E-state index >= 15 is 0 Å². The molecule has 5 heteroatoms. The van der Waals surface area contributed by atoms with Gasteiger partial charge in [-0.05, 0) is 56.5 Å². The molecule has 5 nitrogen and oxygen atoms in total. The Hall–Kier alpha value is -2.24. The van der Waals surface area contributed by atoms with E-state index in [0.717, 1.165) is 61.9 Å². The lowest BCUT2D eigenvalue weighted by molar-refractivity contribution is -0.946. The molecule has 1 unspecified atom stereocenters. The first kappa shape index (κ1) is 24.5. The first-order valence-corrected chi connectivity index (χ1v) is 13.8. The molecule has 0 N–H and O–H groups in total. The number of benzene rings is 1. The van der Waals surface area contributed by atoms with E-state index in [1.54, 1.807) is 0 Å². The van der Waals surface area contributed by atoms with Crippen LogP contribution in [0.25, 0.3) is 0 Å². The van der Waals surface area contributed by atoms with Crippen LogP contribution in [0, 0.1) is 5.92 Å². The van der Waals surface area contributed by atoms with Crippen LogP contribution in [-0.4, -0.2) is 65.7 Å². The third-order valence-corrected chi connectivity index (χ3v) is 9.09. The molecule has 6 rings (SSSR count). The molecule has 2 aromatic rings. The van der Waals surface area contributed by atoms with E-state index < -0.39 is 5.54 Å². The highest BCUT2D eigenvalue weighted by molar-refractivity contribution is 5.82. The summed E-state index contributed by atoms with van der Waals surface area (Å²) < 4.78 is 7.63. The number of hydrogen-bond donors (Lipinski definition) is 0. The fourth-order valence-electron chi connectivity index (χ4n) is 6.80. The number of carbonyl (C=O) groups excluding carboxylic acids is 1. The lowest BCUT2D eigenvalue weighted by Gasteiger charge is -2.52. The summed E-state index contributed by atoms with van der Waals surface area (Å²) >= 11 is 0. The number of pyridine rings is 1. The quantitative estimate of drug-likeness (QED) is 0.399. The van der Waals surface area contributed by atoms with Crippen LogP contribution < -0.4 is 0 Å². The molecular weight excluding hydrogens is 434 g/mol. The van der Waals surface area contributed by atoms with Crippen molar-refractivity contribution in [2.75, 3.05) is 39.3 Å². The second-order valence-corrected chi connectivity index (χ2v) is 11.3. The van der Waals surface area contributed by atoms with E-state index in [9.17, 15) is 4.79 Å². The van der Waals surface area contributed by atoms with Crippen LogP contribution in [0.15, 0.2) is 54.9 Å². The summed E-state index contributed by atoms with van der Waals surface area (Å²) in [6.07, 6.45) is 13.3. The molecule has 1 aromatic carbocycles. The van der Waals surface area contributed by atoms with Gasteiger partial charge in [0.1, 0.15) is 12.1 Å². The highest BCUT2D eigenvalue weighted by Gasteiger charge is 2.50. The minimum absolute atomic E-state index is 0.0402. The Balaban J connectivity index is 1.29. The van der Waals surface area contributed by atoms with Crippen molar-refractivity contribution in [2.24, 2.45) is 5.92 Å². The topological polar surface area (TPSA) is 42.4 Å². The van der Waals surface area contributed by atoms with Crippen molar-refractivity contribution < 1.29 is 14.0 Å². The average Bonchev–Trinajstić information content (AvgIpc) is 3.20. The summed E-state index contributed by atoms with van der Waals surface area (Å²) in [5, 5.41) is 0. The predicted molar refractivity (Wildman–Crippen MR) is 139 cm³/mol. The summed E-state index contributed by atoms with van der Waals surface area (Å²) in [5.41, 5.74) is 1.66. The SMILES string of the molecule is CC(C(=O)O[C@H]1C[N+]2(CCCc3cccnc3)CCC1CC2)(c1ccccc1)N1CCCCCC1. The molecule has 188 valence electrons. The minimum atomic E-state index is -0.719. The van der Waals surface area contributed by atoms with Crippen LogP contribution in [0.1, 0.15) is 63.0 Å². The molecule has 4 aliphatic heterocycles. The maximum atomic E-state index is 14.0. The number of rotatable bonds is 8. The van der Waals surface area contributed by atoms with Gasteiger partial charge in [0.2, 0.25) is 0 Å². The molecule has 4 aliphatic rings. The third-order valence-electron chi connectivity index (χ3n) is 9.09. The molecule has 0 aliphatic carbocycles. The van der Waals surface area contributed by atoms with E-state index in [-0.39, 0.29) is 12.1 Å². The summed E-state index contributed by atoms with van der Waals surface area (Å²) in [6, 6.07) is 14.5. The zero-order valence-corrected chi connectivity index (χ0v) is 21.4. The Morgan fingerprint density at radius 2 is 1.80 bits per heavy atom. The van der Waals surface area contributed by atoms with Gasteiger partial charge in [0.25, 0.3) is 0 Å². The number of fused-ring (bicyclic) bond motifs is 3. The zero-order valence-electron chi connectivity index (χ0n) is 21.4. The van der Waals surface area contributed by atoms with Gasteiger partial charge in [-0.2, -0.15) is 0 Å². The van der Waals surface area contributed by atoms with Gasteiger partial charge in [-0.1, -0.05) is 49.2 Å². The van der Waals surface area contributed by atoms with Gasteiger partial charge in [0.15, 0.2) is 6.10 Å². The van der Waals surface area contributed by atoms with Crippen molar-refractivity contribution in [3.05, 3.63) is 66.0 Å². The van der Waals surface area contributed by atoms with E-state index in [1.807, 2.05) is 24.5 Å². The van der Waals surface area contributed by atoms with Crippen molar-refractivity contribution in [3.63, 3.8) is 0 Å². The fourth-order valence-corrected chi connectivity index (χ4v) is 6.80. The third kappa shape index (κ3) is 5.31. The molecule has 4 saturated heterocycles. The number of hydrogen-bond acceptors (Lipinski definition) is 4. The molecule has 2 bridgehead atoms. The molecule has 35 heavy (non-hydrogen) atoms. The van der Waals surface area contributed by atoms with Crippen LogP contribution in [0.4, 0.5) is 0 Å². The molecule has 0 radical (unpaired) electrons. The fraction of sp³-hybridized carbons (Fsp3) is 0.600. The maximum absolute atomic E-state index is 14.0. The number of likely N-dealkylation sites (tertiary alicyclic amines) is 1. The molecule has 2 atom stereocenters. The Morgan fingerprint density at radius 1 is 1.06 bits per heavy atom. The van der Waals surface area contributed by atoms with Crippen LogP contribution in [0.5, 0.6) is 0 Å². The van der Waals surface area contributed by atoms with Gasteiger partial charge in [-0.3, -0.25) is 9.88 Å². The van der Waals surface area contributed by atoms with Gasteiger partial charge in [-0.15, -0.1) is 0 Å². The van der Waals surface area contributed by atoms with Gasteiger partial charge in [0, 0.05) is 37.6 Å². The van der Waals surface area contributed by atoms with Crippen LogP contribution in [0.2, 0.25) is 0 Å². The Labute approximate surface area is 211 Å². The number of aryl methyl sites for hydroxylation is 1. The van der Waals surface area contributed by atoms with E-state index in [0.29, 0.717) is 5.92 Å². The van der Waals surface area contributed by atoms with Gasteiger partial charge in [0.05, 0.1) is 19.6 Å². The van der Waals surface area contributed by atoms with E-state index in [2.05, 4.69) is 47.1 Å². The number of quaternary nitrogens is 1. The molecule has 0 spiro atoms. The number of ether oxygens (including phenoxy) is 1. The summed E-state index contributed by atoms with van der Waals surface area (Å²) in [6.45, 7) is 8.63. The largest absolute Gasteiger partial charge is 0.454 e. The highest BCUT2D eigenvalue weighted by Crippen LogP contribution is 2.38. The molecule has 0 amide bonds. The lowest BCUT2D eigenvalue weighted by atomic mass is 9.82. The zero-order chi connectivity index (χ0) is 24.1. The Morgan fingerprint density at radius 3 is 2.49 bits per heavy atom. The normalized spacial score (nSPS) is 28.7. The molecule has 1 aromatic heterocycles. The van der Waals surface area contributed by atoms with Gasteiger partial charge < -0.3 is 9.22 Å². The van der Waals surface area contributed by atoms with Crippen molar-refractivity contribution >= 4 is 5.97 Å². The number of carbonyl (C=O) groups is 1. The van der Waals surface area contributed by atoms with Crippen molar-refractivity contribution in [3.8, 4) is 0 Å². The summed E-state index contributed by atoms with van der Waals surface area (Å²) in [5.74, 6) is 0.472. The van der Waals surface area contributed by atoms with Crippen molar-refractivity contribution in [2.45, 2.75) is 69.9 Å². The Kier molecular flexibility index (Phi) is 7.54. The maximum Gasteiger partial charge on any atom is 0.331 e. The van der Waals surface area contributed by atoms with E-state index in [4.69, 9.17) is 4.74 Å². The number of aromatic nitrogens is 1. The van der Waals surface area contributed by atoms with Crippen LogP contribution in [-0.2, 0) is 21.5 Å². The smallest absolute Gasteiger partial charge is 0.331 e. The van der Waals surface area contributed by atoms with Crippen LogP contribution in [0.3, 0.4) is 0 Å². The summed E-state index contributed by atoms with van der Waals surface area (Å²) in [7, 11) is 0. The molecule has 5 heterocycles. The monoisotopic (exact) mass is 476 g/mol.